The Labute approximate surface area is 191 Å². The van der Waals surface area contributed by atoms with Crippen LogP contribution < -0.4 is 14.3 Å². The van der Waals surface area contributed by atoms with Crippen LogP contribution in [-0.2, 0) is 26.9 Å². The van der Waals surface area contributed by atoms with Crippen molar-refractivity contribution in [2.24, 2.45) is 4.99 Å². The minimum Gasteiger partial charge on any atom is -0.493 e. The summed E-state index contributed by atoms with van der Waals surface area (Å²) in [5, 5.41) is 0. The van der Waals surface area contributed by atoms with E-state index in [0.29, 0.717) is 22.8 Å². The van der Waals surface area contributed by atoms with Crippen molar-refractivity contribution >= 4 is 37.3 Å². The summed E-state index contributed by atoms with van der Waals surface area (Å²) in [6, 6.07) is 12.7. The van der Waals surface area contributed by atoms with Gasteiger partial charge in [0, 0.05) is 25.1 Å². The maximum absolute atomic E-state index is 12.5. The van der Waals surface area contributed by atoms with Crippen LogP contribution >= 0.6 is 11.3 Å². The first-order chi connectivity index (χ1) is 15.4. The van der Waals surface area contributed by atoms with Crippen LogP contribution in [0.4, 0.5) is 0 Å². The average Bonchev–Trinajstić information content (AvgIpc) is 3.09. The summed E-state index contributed by atoms with van der Waals surface area (Å²) in [6.07, 6.45) is 2.01. The van der Waals surface area contributed by atoms with Crippen LogP contribution in [0.15, 0.2) is 60.1 Å². The standard InChI is InChI=1S/C23H26N2O5S2/c1-4-12-25-18-14-19(29-2)20(30-3)15-21(18)31-23(25)24-22(26)11-8-13-32(27,28)16-17-9-6-5-7-10-17/h4-7,9-10,14-15H,1,8,11-13,16H2,2-3H3. The number of carbonyl (C=O) groups excluding carboxylic acids is 1. The van der Waals surface area contributed by atoms with Crippen molar-refractivity contribution in [1.82, 2.24) is 4.57 Å². The fourth-order valence-electron chi connectivity index (χ4n) is 3.29. The van der Waals surface area contributed by atoms with E-state index in [-0.39, 0.29) is 30.3 Å². The number of benzene rings is 2. The highest BCUT2D eigenvalue weighted by atomic mass is 32.2. The van der Waals surface area contributed by atoms with Crippen LogP contribution in [0.3, 0.4) is 0 Å². The molecule has 0 saturated heterocycles. The van der Waals surface area contributed by atoms with E-state index in [9.17, 15) is 13.2 Å². The van der Waals surface area contributed by atoms with Gasteiger partial charge in [-0.1, -0.05) is 47.7 Å². The number of carbonyl (C=O) groups is 1. The number of rotatable bonds is 10. The maximum atomic E-state index is 12.5. The number of nitrogens with zero attached hydrogens (tertiary/aromatic N) is 2. The molecule has 3 aromatic rings. The Kier molecular flexibility index (Phi) is 7.87. The van der Waals surface area contributed by atoms with E-state index in [1.54, 1.807) is 32.4 Å². The van der Waals surface area contributed by atoms with Crippen molar-refractivity contribution in [2.45, 2.75) is 25.1 Å². The molecule has 2 aromatic carbocycles. The molecule has 0 atom stereocenters. The number of aromatic nitrogens is 1. The Morgan fingerprint density at radius 1 is 1.16 bits per heavy atom. The molecule has 0 saturated carbocycles. The molecule has 1 aromatic heterocycles. The number of fused-ring (bicyclic) bond motifs is 1. The Morgan fingerprint density at radius 2 is 1.84 bits per heavy atom. The van der Waals surface area contributed by atoms with Crippen LogP contribution in [-0.4, -0.2) is 38.9 Å². The first kappa shape index (κ1) is 23.7. The van der Waals surface area contributed by atoms with Crippen LogP contribution in [0.1, 0.15) is 18.4 Å². The summed E-state index contributed by atoms with van der Waals surface area (Å²) >= 11 is 1.36. The third-order valence-corrected chi connectivity index (χ3v) is 7.52. The van der Waals surface area contributed by atoms with Crippen LogP contribution in [0, 0.1) is 0 Å². The second-order valence-electron chi connectivity index (χ2n) is 7.15. The number of ether oxygens (including phenoxy) is 2. The molecule has 0 spiro atoms. The number of amides is 1. The van der Waals surface area contributed by atoms with E-state index in [0.717, 1.165) is 15.8 Å². The number of thiazole rings is 1. The second-order valence-corrected chi connectivity index (χ2v) is 10.3. The van der Waals surface area contributed by atoms with Gasteiger partial charge in [-0.3, -0.25) is 4.79 Å². The van der Waals surface area contributed by atoms with Gasteiger partial charge in [-0.05, 0) is 12.0 Å². The monoisotopic (exact) mass is 474 g/mol. The minimum atomic E-state index is -3.29. The summed E-state index contributed by atoms with van der Waals surface area (Å²) in [6.45, 7) is 4.25. The number of hydrogen-bond acceptors (Lipinski definition) is 6. The van der Waals surface area contributed by atoms with E-state index in [2.05, 4.69) is 11.6 Å². The lowest BCUT2D eigenvalue weighted by Gasteiger charge is -2.08. The molecule has 0 fully saturated rings. The quantitative estimate of drug-likeness (QED) is 0.418. The molecular formula is C23H26N2O5S2. The zero-order valence-electron chi connectivity index (χ0n) is 18.1. The van der Waals surface area contributed by atoms with E-state index >= 15 is 0 Å². The van der Waals surface area contributed by atoms with Crippen molar-refractivity contribution in [3.8, 4) is 11.5 Å². The van der Waals surface area contributed by atoms with Gasteiger partial charge in [0.15, 0.2) is 26.1 Å². The molecule has 3 rings (SSSR count). The minimum absolute atomic E-state index is 0.0293. The summed E-state index contributed by atoms with van der Waals surface area (Å²) < 4.78 is 38.2. The zero-order valence-corrected chi connectivity index (χ0v) is 19.7. The Hall–Kier alpha value is -2.91. The fourth-order valence-corrected chi connectivity index (χ4v) is 5.79. The van der Waals surface area contributed by atoms with Gasteiger partial charge in [0.05, 0.1) is 35.9 Å². The molecule has 0 aliphatic rings. The van der Waals surface area contributed by atoms with E-state index in [1.807, 2.05) is 34.9 Å². The first-order valence-electron chi connectivity index (χ1n) is 10.0. The van der Waals surface area contributed by atoms with Crippen LogP contribution in [0.2, 0.25) is 0 Å². The van der Waals surface area contributed by atoms with Gasteiger partial charge in [0.25, 0.3) is 0 Å². The summed E-state index contributed by atoms with van der Waals surface area (Å²) in [5.74, 6) is 0.726. The van der Waals surface area contributed by atoms with Gasteiger partial charge >= 0.3 is 0 Å². The third kappa shape index (κ3) is 5.86. The maximum Gasteiger partial charge on any atom is 0.248 e. The molecule has 0 aliphatic heterocycles. The van der Waals surface area contributed by atoms with Gasteiger partial charge in [-0.2, -0.15) is 4.99 Å². The molecular weight excluding hydrogens is 448 g/mol. The number of sulfone groups is 1. The molecule has 170 valence electrons. The largest absolute Gasteiger partial charge is 0.493 e. The highest BCUT2D eigenvalue weighted by Gasteiger charge is 2.15. The van der Waals surface area contributed by atoms with Crippen LogP contribution in [0.5, 0.6) is 11.5 Å². The van der Waals surface area contributed by atoms with Crippen LogP contribution in [0.25, 0.3) is 10.2 Å². The molecule has 32 heavy (non-hydrogen) atoms. The topological polar surface area (TPSA) is 87.0 Å². The van der Waals surface area contributed by atoms with Gasteiger partial charge in [-0.15, -0.1) is 6.58 Å². The summed E-state index contributed by atoms with van der Waals surface area (Å²) in [7, 11) is -0.164. The van der Waals surface area contributed by atoms with Gasteiger partial charge in [0.2, 0.25) is 5.91 Å². The molecule has 0 unspecified atom stereocenters. The predicted octanol–water partition coefficient (Wildman–Crippen LogP) is 3.73. The van der Waals surface area contributed by atoms with E-state index < -0.39 is 9.84 Å². The summed E-state index contributed by atoms with van der Waals surface area (Å²) in [4.78, 5) is 17.3. The number of hydrogen-bond donors (Lipinski definition) is 0. The normalized spacial score (nSPS) is 12.1. The molecule has 1 heterocycles. The molecule has 0 bridgehead atoms. The lowest BCUT2D eigenvalue weighted by Crippen LogP contribution is -2.17. The van der Waals surface area contributed by atoms with Crippen molar-refractivity contribution < 1.29 is 22.7 Å². The Bertz CT molecular complexity index is 1270. The van der Waals surface area contributed by atoms with Crippen molar-refractivity contribution in [2.75, 3.05) is 20.0 Å². The van der Waals surface area contributed by atoms with Gasteiger partial charge in [-0.25, -0.2) is 8.42 Å². The molecule has 0 radical (unpaired) electrons. The van der Waals surface area contributed by atoms with E-state index in [4.69, 9.17) is 9.47 Å². The van der Waals surface area contributed by atoms with Crippen molar-refractivity contribution in [3.05, 3.63) is 65.5 Å². The SMILES string of the molecule is C=CCn1c(=NC(=O)CCCS(=O)(=O)Cc2ccccc2)sc2cc(OC)c(OC)cc21. The Balaban J connectivity index is 1.76. The lowest BCUT2D eigenvalue weighted by atomic mass is 10.2. The van der Waals surface area contributed by atoms with Crippen molar-refractivity contribution in [3.63, 3.8) is 0 Å². The molecule has 1 amide bonds. The predicted molar refractivity (Wildman–Crippen MR) is 127 cm³/mol. The van der Waals surface area contributed by atoms with Crippen molar-refractivity contribution in [1.29, 1.82) is 0 Å². The molecule has 7 nitrogen and oxygen atoms in total. The van der Waals surface area contributed by atoms with E-state index in [1.165, 1.54) is 11.3 Å². The Morgan fingerprint density at radius 3 is 2.50 bits per heavy atom. The molecule has 9 heteroatoms. The van der Waals surface area contributed by atoms with Gasteiger partial charge in [0.1, 0.15) is 0 Å². The lowest BCUT2D eigenvalue weighted by molar-refractivity contribution is -0.118. The zero-order chi connectivity index (χ0) is 23.1. The highest BCUT2D eigenvalue weighted by Crippen LogP contribution is 2.33. The number of methoxy groups -OCH3 is 2. The smallest absolute Gasteiger partial charge is 0.248 e. The number of allylic oxidation sites excluding steroid dienone is 1. The van der Waals surface area contributed by atoms with Gasteiger partial charge < -0.3 is 14.0 Å². The molecule has 0 N–H and O–H groups in total. The average molecular weight is 475 g/mol. The second kappa shape index (κ2) is 10.6. The highest BCUT2D eigenvalue weighted by molar-refractivity contribution is 7.90. The first-order valence-corrected chi connectivity index (χ1v) is 12.7. The molecule has 0 aliphatic carbocycles. The summed E-state index contributed by atoms with van der Waals surface area (Å²) in [5.41, 5.74) is 1.59. The fraction of sp³-hybridized carbons (Fsp3) is 0.304. The third-order valence-electron chi connectivity index (χ3n) is 4.80.